The van der Waals surface area contributed by atoms with Gasteiger partial charge in [0.2, 0.25) is 5.91 Å². The molecule has 1 amide bonds. The normalized spacial score (nSPS) is 18.3. The van der Waals surface area contributed by atoms with Gasteiger partial charge in [0.05, 0.1) is 24.8 Å². The lowest BCUT2D eigenvalue weighted by atomic mass is 10.1. The maximum absolute atomic E-state index is 12.2. The Morgan fingerprint density at radius 3 is 2.74 bits per heavy atom. The molecule has 1 saturated heterocycles. The van der Waals surface area contributed by atoms with E-state index >= 15 is 0 Å². The molecule has 0 bridgehead atoms. The van der Waals surface area contributed by atoms with Crippen LogP contribution in [0.4, 0.5) is 0 Å². The summed E-state index contributed by atoms with van der Waals surface area (Å²) in [6.45, 7) is 1.25. The van der Waals surface area contributed by atoms with Crippen LogP contribution in [0.15, 0.2) is 36.4 Å². The molecule has 6 nitrogen and oxygen atoms in total. The van der Waals surface area contributed by atoms with Crippen LogP contribution in [0, 0.1) is 0 Å². The molecule has 148 valence electrons. The minimum absolute atomic E-state index is 0.0314. The topological polar surface area (TPSA) is 76.1 Å². The summed E-state index contributed by atoms with van der Waals surface area (Å²) in [5, 5.41) is 10.0. The van der Waals surface area contributed by atoms with Gasteiger partial charge in [0.25, 0.3) is 0 Å². The van der Waals surface area contributed by atoms with Gasteiger partial charge in [0.15, 0.2) is 0 Å². The van der Waals surface area contributed by atoms with Crippen molar-refractivity contribution in [1.82, 2.24) is 4.90 Å². The third-order valence-corrected chi connectivity index (χ3v) is 4.79. The summed E-state index contributed by atoms with van der Waals surface area (Å²) in [5.74, 6) is -0.213. The van der Waals surface area contributed by atoms with E-state index in [4.69, 9.17) is 9.47 Å². The molecule has 6 heteroatoms. The van der Waals surface area contributed by atoms with Gasteiger partial charge in [-0.3, -0.25) is 4.79 Å². The lowest BCUT2D eigenvalue weighted by Crippen LogP contribution is -2.33. The molecule has 1 N–H and O–H groups in total. The first kappa shape index (κ1) is 21.1. The molecule has 0 aliphatic carbocycles. The van der Waals surface area contributed by atoms with Crippen LogP contribution in [0.1, 0.15) is 41.6 Å². The van der Waals surface area contributed by atoms with E-state index in [9.17, 15) is 14.7 Å². The van der Waals surface area contributed by atoms with Crippen molar-refractivity contribution in [1.29, 1.82) is 0 Å². The number of likely N-dealkylation sites (tertiary alicyclic amines) is 1. The van der Waals surface area contributed by atoms with Gasteiger partial charge < -0.3 is 19.5 Å². The molecule has 1 fully saturated rings. The van der Waals surface area contributed by atoms with Gasteiger partial charge in [-0.15, -0.1) is 0 Å². The van der Waals surface area contributed by atoms with Crippen molar-refractivity contribution in [3.63, 3.8) is 0 Å². The molecule has 2 rings (SSSR count). The average Bonchev–Trinajstić information content (AvgIpc) is 3.04. The molecule has 0 radical (unpaired) electrons. The number of esters is 1. The second-order valence-corrected chi connectivity index (χ2v) is 6.72. The molecule has 1 aliphatic rings. The number of carbonyl (C=O) groups excluding carboxylic acids is 2. The molecule has 1 aromatic rings. The standard InChI is InChI=1S/C21H29NO5/c1-26-15-3-4-19(23)11-9-18-10-12-20(24)22(18)14-13-16-5-7-17(8-6-16)21(25)27-2/h5-9,11,18-19,23H,3-4,10,12-15H2,1-2H3. The summed E-state index contributed by atoms with van der Waals surface area (Å²) in [6, 6.07) is 7.28. The van der Waals surface area contributed by atoms with Gasteiger partial charge >= 0.3 is 5.97 Å². The summed E-state index contributed by atoms with van der Waals surface area (Å²) in [5.41, 5.74) is 1.58. The second-order valence-electron chi connectivity index (χ2n) is 6.72. The molecule has 1 aromatic carbocycles. The van der Waals surface area contributed by atoms with E-state index in [0.717, 1.165) is 18.4 Å². The number of hydrogen-bond acceptors (Lipinski definition) is 5. The van der Waals surface area contributed by atoms with Crippen molar-refractivity contribution in [2.45, 2.75) is 44.2 Å². The van der Waals surface area contributed by atoms with Crippen molar-refractivity contribution in [3.05, 3.63) is 47.5 Å². The lowest BCUT2D eigenvalue weighted by molar-refractivity contribution is -0.128. The highest BCUT2D eigenvalue weighted by Gasteiger charge is 2.28. The number of ether oxygens (including phenoxy) is 2. The Bertz CT molecular complexity index is 640. The van der Waals surface area contributed by atoms with Crippen LogP contribution < -0.4 is 0 Å². The highest BCUT2D eigenvalue weighted by atomic mass is 16.5. The monoisotopic (exact) mass is 375 g/mol. The quantitative estimate of drug-likeness (QED) is 0.386. The van der Waals surface area contributed by atoms with E-state index in [2.05, 4.69) is 0 Å². The number of hydrogen-bond donors (Lipinski definition) is 1. The predicted molar refractivity (Wildman–Crippen MR) is 102 cm³/mol. The Morgan fingerprint density at radius 1 is 1.33 bits per heavy atom. The van der Waals surface area contributed by atoms with Crippen LogP contribution >= 0.6 is 0 Å². The molecule has 0 saturated carbocycles. The number of rotatable bonds is 10. The number of benzene rings is 1. The van der Waals surface area contributed by atoms with Crippen LogP contribution in [0.3, 0.4) is 0 Å². The largest absolute Gasteiger partial charge is 0.465 e. The van der Waals surface area contributed by atoms with Crippen LogP contribution in [-0.4, -0.2) is 61.4 Å². The smallest absolute Gasteiger partial charge is 0.337 e. The first-order valence-corrected chi connectivity index (χ1v) is 9.37. The SMILES string of the molecule is COCCCC(O)C=CC1CCC(=O)N1CCc1ccc(C(=O)OC)cc1. The van der Waals surface area contributed by atoms with E-state index in [1.54, 1.807) is 25.3 Å². The minimum Gasteiger partial charge on any atom is -0.465 e. The second kappa shape index (κ2) is 10.8. The van der Waals surface area contributed by atoms with Gasteiger partial charge in [-0.2, -0.15) is 0 Å². The van der Waals surface area contributed by atoms with E-state index in [-0.39, 0.29) is 17.9 Å². The Balaban J connectivity index is 1.87. The highest BCUT2D eigenvalue weighted by Crippen LogP contribution is 2.21. The fraction of sp³-hybridized carbons (Fsp3) is 0.524. The number of nitrogens with zero attached hydrogens (tertiary/aromatic N) is 1. The number of amides is 1. The molecule has 27 heavy (non-hydrogen) atoms. The predicted octanol–water partition coefficient (Wildman–Crippen LogP) is 2.35. The number of methoxy groups -OCH3 is 2. The average molecular weight is 375 g/mol. The molecule has 0 spiro atoms. The molecular formula is C21H29NO5. The van der Waals surface area contributed by atoms with Crippen LogP contribution in [-0.2, 0) is 20.7 Å². The molecule has 1 heterocycles. The summed E-state index contributed by atoms with van der Waals surface area (Å²) in [7, 11) is 3.00. The third kappa shape index (κ3) is 6.48. The molecule has 2 atom stereocenters. The fourth-order valence-electron chi connectivity index (χ4n) is 3.21. The number of carbonyl (C=O) groups is 2. The first-order valence-electron chi connectivity index (χ1n) is 9.37. The highest BCUT2D eigenvalue weighted by molar-refractivity contribution is 5.89. The molecular weight excluding hydrogens is 346 g/mol. The summed E-state index contributed by atoms with van der Waals surface area (Å²) < 4.78 is 9.68. The van der Waals surface area contributed by atoms with Gasteiger partial charge in [-0.05, 0) is 43.4 Å². The van der Waals surface area contributed by atoms with Crippen molar-refractivity contribution >= 4 is 11.9 Å². The molecule has 2 unspecified atom stereocenters. The van der Waals surface area contributed by atoms with Crippen molar-refractivity contribution in [3.8, 4) is 0 Å². The number of aliphatic hydroxyl groups is 1. The van der Waals surface area contributed by atoms with E-state index in [1.165, 1.54) is 7.11 Å². The fourth-order valence-corrected chi connectivity index (χ4v) is 3.21. The Kier molecular flexibility index (Phi) is 8.48. The first-order chi connectivity index (χ1) is 13.0. The minimum atomic E-state index is -0.511. The van der Waals surface area contributed by atoms with Crippen molar-refractivity contribution < 1.29 is 24.2 Å². The van der Waals surface area contributed by atoms with E-state index < -0.39 is 6.10 Å². The lowest BCUT2D eigenvalue weighted by Gasteiger charge is -2.23. The summed E-state index contributed by atoms with van der Waals surface area (Å²) in [6.07, 6.45) is 6.71. The van der Waals surface area contributed by atoms with E-state index in [1.807, 2.05) is 23.1 Å². The van der Waals surface area contributed by atoms with Gasteiger partial charge in [0, 0.05) is 26.7 Å². The molecule has 1 aliphatic heterocycles. The van der Waals surface area contributed by atoms with Gasteiger partial charge in [-0.25, -0.2) is 4.79 Å². The zero-order valence-corrected chi connectivity index (χ0v) is 16.1. The Hall–Kier alpha value is -2.18. The van der Waals surface area contributed by atoms with Crippen LogP contribution in [0.5, 0.6) is 0 Å². The van der Waals surface area contributed by atoms with Gasteiger partial charge in [-0.1, -0.05) is 24.3 Å². The van der Waals surface area contributed by atoms with Crippen LogP contribution in [0.25, 0.3) is 0 Å². The zero-order chi connectivity index (χ0) is 19.6. The molecule has 0 aromatic heterocycles. The number of aliphatic hydroxyl groups excluding tert-OH is 1. The Labute approximate surface area is 160 Å². The van der Waals surface area contributed by atoms with Crippen molar-refractivity contribution in [2.24, 2.45) is 0 Å². The maximum Gasteiger partial charge on any atom is 0.337 e. The van der Waals surface area contributed by atoms with Crippen molar-refractivity contribution in [2.75, 3.05) is 27.4 Å². The Morgan fingerprint density at radius 2 is 2.07 bits per heavy atom. The van der Waals surface area contributed by atoms with Gasteiger partial charge in [0.1, 0.15) is 0 Å². The third-order valence-electron chi connectivity index (χ3n) is 4.79. The summed E-state index contributed by atoms with van der Waals surface area (Å²) >= 11 is 0. The van der Waals surface area contributed by atoms with Crippen LogP contribution in [0.2, 0.25) is 0 Å². The van der Waals surface area contributed by atoms with E-state index in [0.29, 0.717) is 38.0 Å². The maximum atomic E-state index is 12.2. The summed E-state index contributed by atoms with van der Waals surface area (Å²) in [4.78, 5) is 25.5. The zero-order valence-electron chi connectivity index (χ0n) is 16.1.